The quantitative estimate of drug-likeness (QED) is 0.662. The Morgan fingerprint density at radius 2 is 2.21 bits per heavy atom. The number of allylic oxidation sites excluding steroid dienone is 1. The van der Waals surface area contributed by atoms with Crippen LogP contribution in [0.15, 0.2) is 29.8 Å². The predicted molar refractivity (Wildman–Crippen MR) is 55.8 cm³/mol. The normalized spacial score (nSPS) is 12.2. The Kier molecular flexibility index (Phi) is 4.08. The summed E-state index contributed by atoms with van der Waals surface area (Å²) in [7, 11) is 0. The van der Waals surface area contributed by atoms with Crippen molar-refractivity contribution in [1.29, 1.82) is 0 Å². The van der Waals surface area contributed by atoms with E-state index in [-0.39, 0.29) is 5.56 Å². The summed E-state index contributed by atoms with van der Waals surface area (Å²) in [6, 6.07) is 6.29. The minimum atomic E-state index is -2.42. The molecule has 0 heterocycles. The Morgan fingerprint density at radius 1 is 1.50 bits per heavy atom. The molecule has 0 aliphatic rings. The molecule has 0 fully saturated rings. The van der Waals surface area contributed by atoms with Crippen molar-refractivity contribution in [2.24, 2.45) is 0 Å². The van der Waals surface area contributed by atoms with Crippen LogP contribution < -0.4 is 0 Å². The van der Waals surface area contributed by atoms with Crippen LogP contribution in [-0.4, -0.2) is 5.88 Å². The van der Waals surface area contributed by atoms with Gasteiger partial charge in [0.2, 0.25) is 0 Å². The molecule has 0 N–H and O–H groups in total. The fourth-order valence-corrected chi connectivity index (χ4v) is 1.18. The molecule has 1 aromatic carbocycles. The molecule has 1 aromatic rings. The van der Waals surface area contributed by atoms with Crippen LogP contribution in [0.25, 0.3) is 6.08 Å². The number of benzene rings is 1. The Bertz CT molecular complexity index is 332. The first kappa shape index (κ1) is 11.2. The molecule has 0 aromatic heterocycles. The zero-order valence-electron chi connectivity index (χ0n) is 7.81. The molecule has 0 nitrogen and oxygen atoms in total. The largest absolute Gasteiger partial charge is 0.263 e. The lowest BCUT2D eigenvalue weighted by Gasteiger charge is -2.01. The molecule has 76 valence electrons. The van der Waals surface area contributed by atoms with Gasteiger partial charge in [0.1, 0.15) is 0 Å². The lowest BCUT2D eigenvalue weighted by atomic mass is 10.1. The Labute approximate surface area is 87.2 Å². The highest BCUT2D eigenvalue weighted by atomic mass is 35.5. The first-order chi connectivity index (χ1) is 6.63. The van der Waals surface area contributed by atoms with Crippen molar-refractivity contribution in [2.45, 2.75) is 13.3 Å². The Hall–Kier alpha value is -0.890. The first-order valence-electron chi connectivity index (χ1n) is 4.24. The molecule has 0 aliphatic heterocycles. The van der Waals surface area contributed by atoms with Crippen molar-refractivity contribution >= 4 is 17.7 Å². The highest BCUT2D eigenvalue weighted by Gasteiger charge is 2.05. The Morgan fingerprint density at radius 3 is 2.79 bits per heavy atom. The van der Waals surface area contributed by atoms with Gasteiger partial charge < -0.3 is 0 Å². The molecule has 0 bridgehead atoms. The molecule has 0 amide bonds. The third-order valence-corrected chi connectivity index (χ3v) is 2.21. The molecule has 0 spiro atoms. The highest BCUT2D eigenvalue weighted by Crippen LogP contribution is 2.20. The van der Waals surface area contributed by atoms with Crippen molar-refractivity contribution in [3.8, 4) is 0 Å². The number of rotatable bonds is 3. The smallest absolute Gasteiger partial charge is 0.205 e. The van der Waals surface area contributed by atoms with E-state index >= 15 is 0 Å². The van der Waals surface area contributed by atoms with Crippen molar-refractivity contribution in [2.75, 3.05) is 5.88 Å². The van der Waals surface area contributed by atoms with Crippen LogP contribution >= 0.6 is 11.6 Å². The molecule has 0 saturated heterocycles. The molecule has 0 saturated carbocycles. The second-order valence-corrected chi connectivity index (χ2v) is 3.36. The number of hydrogen-bond acceptors (Lipinski definition) is 0. The van der Waals surface area contributed by atoms with E-state index in [0.29, 0.717) is 5.88 Å². The van der Waals surface area contributed by atoms with Crippen LogP contribution in [0.2, 0.25) is 0 Å². The van der Waals surface area contributed by atoms with Crippen LogP contribution in [0.1, 0.15) is 24.5 Å². The van der Waals surface area contributed by atoms with E-state index in [1.807, 2.05) is 6.92 Å². The monoisotopic (exact) mass is 216 g/mol. The van der Waals surface area contributed by atoms with Gasteiger partial charge in [-0.05, 0) is 18.6 Å². The van der Waals surface area contributed by atoms with Gasteiger partial charge >= 0.3 is 0 Å². The molecule has 0 unspecified atom stereocenters. The van der Waals surface area contributed by atoms with Crippen molar-refractivity contribution in [3.05, 3.63) is 41.0 Å². The van der Waals surface area contributed by atoms with Crippen LogP contribution in [-0.2, 0) is 0 Å². The van der Waals surface area contributed by atoms with Crippen molar-refractivity contribution in [1.82, 2.24) is 0 Å². The first-order valence-corrected chi connectivity index (χ1v) is 4.78. The molecular formula is C11H11ClF2. The van der Waals surface area contributed by atoms with Gasteiger partial charge in [-0.3, -0.25) is 0 Å². The summed E-state index contributed by atoms with van der Waals surface area (Å²) >= 11 is 5.59. The lowest BCUT2D eigenvalue weighted by Crippen LogP contribution is -1.85. The molecule has 1 rings (SSSR count). The average molecular weight is 217 g/mol. The number of alkyl halides is 3. The van der Waals surface area contributed by atoms with Crippen molar-refractivity contribution in [3.63, 3.8) is 0 Å². The zero-order valence-corrected chi connectivity index (χ0v) is 8.56. The van der Waals surface area contributed by atoms with Gasteiger partial charge in [-0.25, -0.2) is 8.78 Å². The Balaban J connectivity index is 2.94. The molecule has 3 heteroatoms. The summed E-state index contributed by atoms with van der Waals surface area (Å²) in [5.41, 5.74) is 1.76. The van der Waals surface area contributed by atoms with Crippen LogP contribution in [0, 0.1) is 0 Å². The van der Waals surface area contributed by atoms with Gasteiger partial charge in [0.15, 0.2) is 0 Å². The van der Waals surface area contributed by atoms with Crippen LogP contribution in [0.3, 0.4) is 0 Å². The SMILES string of the molecule is C/C(=C/c1cccc(C(F)F)c1)CCl. The summed E-state index contributed by atoms with van der Waals surface area (Å²) < 4.78 is 24.6. The zero-order chi connectivity index (χ0) is 10.6. The van der Waals surface area contributed by atoms with E-state index < -0.39 is 6.43 Å². The van der Waals surface area contributed by atoms with Crippen LogP contribution in [0.5, 0.6) is 0 Å². The molecule has 0 radical (unpaired) electrons. The maximum atomic E-state index is 12.3. The molecule has 0 atom stereocenters. The third kappa shape index (κ3) is 3.11. The minimum absolute atomic E-state index is 0.0427. The number of hydrogen-bond donors (Lipinski definition) is 0. The summed E-state index contributed by atoms with van der Waals surface area (Å²) in [5, 5.41) is 0. The van der Waals surface area contributed by atoms with Crippen LogP contribution in [0.4, 0.5) is 8.78 Å². The fraction of sp³-hybridized carbons (Fsp3) is 0.273. The average Bonchev–Trinajstić information content (AvgIpc) is 2.18. The maximum Gasteiger partial charge on any atom is 0.263 e. The minimum Gasteiger partial charge on any atom is -0.205 e. The summed E-state index contributed by atoms with van der Waals surface area (Å²) in [6.45, 7) is 1.86. The lowest BCUT2D eigenvalue weighted by molar-refractivity contribution is 0.151. The fourth-order valence-electron chi connectivity index (χ4n) is 1.11. The van der Waals surface area contributed by atoms with E-state index in [9.17, 15) is 8.78 Å². The highest BCUT2D eigenvalue weighted by molar-refractivity contribution is 6.19. The summed E-state index contributed by atoms with van der Waals surface area (Å²) in [5.74, 6) is 0.416. The second-order valence-electron chi connectivity index (χ2n) is 3.10. The van der Waals surface area contributed by atoms with Gasteiger partial charge in [0, 0.05) is 11.4 Å². The van der Waals surface area contributed by atoms with Crippen molar-refractivity contribution < 1.29 is 8.78 Å². The topological polar surface area (TPSA) is 0 Å². The van der Waals surface area contributed by atoms with E-state index in [1.54, 1.807) is 18.2 Å². The summed E-state index contributed by atoms with van der Waals surface area (Å²) in [6.07, 6.45) is -0.613. The third-order valence-electron chi connectivity index (χ3n) is 1.79. The second kappa shape index (κ2) is 5.11. The molecule has 0 aliphatic carbocycles. The summed E-state index contributed by atoms with van der Waals surface area (Å²) in [4.78, 5) is 0. The molecular weight excluding hydrogens is 206 g/mol. The predicted octanol–water partition coefficient (Wildman–Crippen LogP) is 4.27. The maximum absolute atomic E-state index is 12.3. The van der Waals surface area contributed by atoms with E-state index in [0.717, 1.165) is 11.1 Å². The van der Waals surface area contributed by atoms with E-state index in [2.05, 4.69) is 0 Å². The number of halogens is 3. The van der Waals surface area contributed by atoms with E-state index in [4.69, 9.17) is 11.6 Å². The van der Waals surface area contributed by atoms with Gasteiger partial charge in [-0.1, -0.05) is 29.8 Å². The van der Waals surface area contributed by atoms with Gasteiger partial charge in [-0.2, -0.15) is 0 Å². The van der Waals surface area contributed by atoms with Gasteiger partial charge in [0.05, 0.1) is 0 Å². The van der Waals surface area contributed by atoms with E-state index in [1.165, 1.54) is 12.1 Å². The van der Waals surface area contributed by atoms with Gasteiger partial charge in [0.25, 0.3) is 6.43 Å². The standard InChI is InChI=1S/C11H11ClF2/c1-8(7-12)5-9-3-2-4-10(6-9)11(13)14/h2-6,11H,7H2,1H3/b8-5-. The van der Waals surface area contributed by atoms with Gasteiger partial charge in [-0.15, -0.1) is 11.6 Å². The molecule has 14 heavy (non-hydrogen) atoms.